The zero-order valence-corrected chi connectivity index (χ0v) is 12.4. The fourth-order valence-electron chi connectivity index (χ4n) is 2.50. The first kappa shape index (κ1) is 17.7. The number of benzene rings is 1. The first-order valence-electron chi connectivity index (χ1n) is 6.35. The molecule has 1 unspecified atom stereocenters. The van der Waals surface area contributed by atoms with Crippen LogP contribution in [0.2, 0.25) is 0 Å². The average Bonchev–Trinajstić information content (AvgIpc) is 2.82. The molecule has 0 aromatic heterocycles. The molecule has 1 atom stereocenters. The number of halogens is 2. The molecule has 1 fully saturated rings. The highest BCUT2D eigenvalue weighted by atomic mass is 35.5. The number of nitrogens with zero attached hydrogens (tertiary/aromatic N) is 1. The van der Waals surface area contributed by atoms with Crippen LogP contribution >= 0.6 is 24.8 Å². The standard InChI is InChI=1S/C14H22N2.2ClH/c15-11-14(12-16-8-4-5-9-16)10-13-6-2-1-3-7-13;;/h1-3,6-7,14H,4-5,8-12,15H2;2*1H. The van der Waals surface area contributed by atoms with Gasteiger partial charge in [-0.2, -0.15) is 0 Å². The van der Waals surface area contributed by atoms with Crippen molar-refractivity contribution in [2.24, 2.45) is 11.7 Å². The molecule has 1 saturated heterocycles. The molecule has 1 aromatic carbocycles. The Morgan fingerprint density at radius 1 is 1.06 bits per heavy atom. The summed E-state index contributed by atoms with van der Waals surface area (Å²) in [6, 6.07) is 10.7. The van der Waals surface area contributed by atoms with Crippen molar-refractivity contribution < 1.29 is 0 Å². The molecule has 0 aliphatic carbocycles. The second kappa shape index (κ2) is 9.62. The minimum atomic E-state index is 0. The highest BCUT2D eigenvalue weighted by Crippen LogP contribution is 2.13. The summed E-state index contributed by atoms with van der Waals surface area (Å²) in [5.41, 5.74) is 7.29. The van der Waals surface area contributed by atoms with E-state index in [1.54, 1.807) is 0 Å². The van der Waals surface area contributed by atoms with Gasteiger partial charge in [0.05, 0.1) is 0 Å². The summed E-state index contributed by atoms with van der Waals surface area (Å²) in [7, 11) is 0. The van der Waals surface area contributed by atoms with Gasteiger partial charge in [-0.1, -0.05) is 30.3 Å². The highest BCUT2D eigenvalue weighted by molar-refractivity contribution is 5.85. The van der Waals surface area contributed by atoms with Crippen LogP contribution in [-0.4, -0.2) is 31.1 Å². The van der Waals surface area contributed by atoms with Crippen molar-refractivity contribution in [1.82, 2.24) is 4.90 Å². The third kappa shape index (κ3) is 5.57. The molecule has 1 aliphatic rings. The molecule has 1 heterocycles. The first-order chi connectivity index (χ1) is 7.88. The van der Waals surface area contributed by atoms with Crippen LogP contribution in [0.4, 0.5) is 0 Å². The Bertz CT molecular complexity index is 300. The first-order valence-corrected chi connectivity index (χ1v) is 6.35. The summed E-state index contributed by atoms with van der Waals surface area (Å²) in [5, 5.41) is 0. The summed E-state index contributed by atoms with van der Waals surface area (Å²) in [6.45, 7) is 4.51. The van der Waals surface area contributed by atoms with E-state index in [0.29, 0.717) is 5.92 Å². The predicted molar refractivity (Wildman–Crippen MR) is 82.9 cm³/mol. The van der Waals surface area contributed by atoms with Crippen LogP contribution in [0.3, 0.4) is 0 Å². The fourth-order valence-corrected chi connectivity index (χ4v) is 2.50. The Morgan fingerprint density at radius 2 is 1.67 bits per heavy atom. The van der Waals surface area contributed by atoms with Gasteiger partial charge < -0.3 is 10.6 Å². The van der Waals surface area contributed by atoms with Crippen molar-refractivity contribution in [3.63, 3.8) is 0 Å². The van der Waals surface area contributed by atoms with Gasteiger partial charge in [0.1, 0.15) is 0 Å². The summed E-state index contributed by atoms with van der Waals surface area (Å²) in [5.74, 6) is 0.612. The van der Waals surface area contributed by atoms with Crippen LogP contribution in [0, 0.1) is 5.92 Å². The highest BCUT2D eigenvalue weighted by Gasteiger charge is 2.16. The molecule has 0 radical (unpaired) electrons. The second-order valence-corrected chi connectivity index (χ2v) is 4.80. The van der Waals surface area contributed by atoms with E-state index in [-0.39, 0.29) is 24.8 Å². The van der Waals surface area contributed by atoms with E-state index >= 15 is 0 Å². The van der Waals surface area contributed by atoms with Gasteiger partial charge in [-0.3, -0.25) is 0 Å². The number of hydrogen-bond donors (Lipinski definition) is 1. The van der Waals surface area contributed by atoms with Crippen LogP contribution in [0.15, 0.2) is 30.3 Å². The smallest absolute Gasteiger partial charge is 0.00249 e. The Balaban J connectivity index is 0.00000144. The van der Waals surface area contributed by atoms with Crippen LogP contribution in [-0.2, 0) is 6.42 Å². The topological polar surface area (TPSA) is 29.3 Å². The van der Waals surface area contributed by atoms with Gasteiger partial charge in [0, 0.05) is 6.54 Å². The molecule has 2 N–H and O–H groups in total. The van der Waals surface area contributed by atoms with Gasteiger partial charge in [-0.25, -0.2) is 0 Å². The Morgan fingerprint density at radius 3 is 2.22 bits per heavy atom. The predicted octanol–water partition coefficient (Wildman–Crippen LogP) is 2.74. The van der Waals surface area contributed by atoms with Crippen molar-refractivity contribution >= 4 is 24.8 Å². The number of hydrogen-bond acceptors (Lipinski definition) is 2. The molecule has 1 aromatic rings. The molecule has 18 heavy (non-hydrogen) atoms. The van der Waals surface area contributed by atoms with E-state index in [4.69, 9.17) is 5.73 Å². The molecular weight excluding hydrogens is 267 g/mol. The maximum absolute atomic E-state index is 5.87. The quantitative estimate of drug-likeness (QED) is 0.904. The van der Waals surface area contributed by atoms with E-state index in [2.05, 4.69) is 35.2 Å². The summed E-state index contributed by atoms with van der Waals surface area (Å²) < 4.78 is 0. The Hall–Kier alpha value is -0.280. The zero-order chi connectivity index (χ0) is 11.2. The summed E-state index contributed by atoms with van der Waals surface area (Å²) >= 11 is 0. The largest absolute Gasteiger partial charge is 0.330 e. The van der Waals surface area contributed by atoms with Crippen molar-refractivity contribution in [2.75, 3.05) is 26.2 Å². The van der Waals surface area contributed by atoms with Crippen molar-refractivity contribution in [2.45, 2.75) is 19.3 Å². The lowest BCUT2D eigenvalue weighted by molar-refractivity contribution is 0.279. The minimum absolute atomic E-state index is 0. The normalized spacial score (nSPS) is 16.7. The van der Waals surface area contributed by atoms with Crippen molar-refractivity contribution in [1.29, 1.82) is 0 Å². The SMILES string of the molecule is Cl.Cl.NCC(Cc1ccccc1)CN1CCCC1. The maximum atomic E-state index is 5.87. The van der Waals surface area contributed by atoms with Gasteiger partial charge in [0.25, 0.3) is 0 Å². The fraction of sp³-hybridized carbons (Fsp3) is 0.571. The van der Waals surface area contributed by atoms with Crippen LogP contribution in [0.1, 0.15) is 18.4 Å². The summed E-state index contributed by atoms with van der Waals surface area (Å²) in [6.07, 6.45) is 3.85. The van der Waals surface area contributed by atoms with Crippen LogP contribution in [0.5, 0.6) is 0 Å². The number of rotatable bonds is 5. The molecular formula is C14H24Cl2N2. The van der Waals surface area contributed by atoms with Crippen molar-refractivity contribution in [3.8, 4) is 0 Å². The second-order valence-electron chi connectivity index (χ2n) is 4.80. The Labute approximate surface area is 123 Å². The van der Waals surface area contributed by atoms with E-state index in [1.165, 1.54) is 38.0 Å². The number of likely N-dealkylation sites (tertiary alicyclic amines) is 1. The van der Waals surface area contributed by atoms with Crippen LogP contribution in [0.25, 0.3) is 0 Å². The number of nitrogens with two attached hydrogens (primary N) is 1. The zero-order valence-electron chi connectivity index (χ0n) is 10.8. The summed E-state index contributed by atoms with van der Waals surface area (Å²) in [4.78, 5) is 2.56. The van der Waals surface area contributed by atoms with E-state index < -0.39 is 0 Å². The minimum Gasteiger partial charge on any atom is -0.330 e. The van der Waals surface area contributed by atoms with Gasteiger partial charge >= 0.3 is 0 Å². The molecule has 2 nitrogen and oxygen atoms in total. The third-order valence-corrected chi connectivity index (χ3v) is 3.42. The van der Waals surface area contributed by atoms with E-state index in [0.717, 1.165) is 13.0 Å². The lowest BCUT2D eigenvalue weighted by Gasteiger charge is -2.22. The van der Waals surface area contributed by atoms with Gasteiger partial charge in [-0.15, -0.1) is 24.8 Å². The molecule has 0 amide bonds. The monoisotopic (exact) mass is 290 g/mol. The molecule has 1 aliphatic heterocycles. The van der Waals surface area contributed by atoms with E-state index in [1.807, 2.05) is 0 Å². The Kier molecular flexibility index (Phi) is 9.47. The van der Waals surface area contributed by atoms with Gasteiger partial charge in [-0.05, 0) is 50.4 Å². The van der Waals surface area contributed by atoms with Gasteiger partial charge in [0.15, 0.2) is 0 Å². The maximum Gasteiger partial charge on any atom is 0.00249 e. The average molecular weight is 291 g/mol. The third-order valence-electron chi connectivity index (χ3n) is 3.42. The lowest BCUT2D eigenvalue weighted by atomic mass is 9.99. The molecule has 4 heteroatoms. The lowest BCUT2D eigenvalue weighted by Crippen LogP contribution is -2.32. The molecule has 0 saturated carbocycles. The van der Waals surface area contributed by atoms with Crippen molar-refractivity contribution in [3.05, 3.63) is 35.9 Å². The molecule has 0 spiro atoms. The molecule has 2 rings (SSSR count). The van der Waals surface area contributed by atoms with E-state index in [9.17, 15) is 0 Å². The molecule has 0 bridgehead atoms. The van der Waals surface area contributed by atoms with Crippen LogP contribution < -0.4 is 5.73 Å². The molecule has 104 valence electrons. The van der Waals surface area contributed by atoms with Gasteiger partial charge in [0.2, 0.25) is 0 Å².